The number of likely N-dealkylation sites (tertiary alicyclic amines) is 2. The molecular weight excluding hydrogens is 569 g/mol. The van der Waals surface area contributed by atoms with Gasteiger partial charge >= 0.3 is 18.4 Å². The van der Waals surface area contributed by atoms with Gasteiger partial charge in [0.25, 0.3) is 0 Å². The van der Waals surface area contributed by atoms with Crippen molar-refractivity contribution in [1.29, 1.82) is 0 Å². The van der Waals surface area contributed by atoms with Gasteiger partial charge in [0.1, 0.15) is 5.82 Å². The van der Waals surface area contributed by atoms with Crippen molar-refractivity contribution in [1.82, 2.24) is 14.7 Å². The van der Waals surface area contributed by atoms with E-state index in [-0.39, 0.29) is 18.0 Å². The zero-order valence-electron chi connectivity index (χ0n) is 23.6. The van der Waals surface area contributed by atoms with Crippen LogP contribution in [0.3, 0.4) is 0 Å². The van der Waals surface area contributed by atoms with Crippen molar-refractivity contribution in [2.45, 2.75) is 63.0 Å². The molecule has 0 bridgehead atoms. The Morgan fingerprint density at radius 1 is 0.905 bits per heavy atom. The van der Waals surface area contributed by atoms with Gasteiger partial charge in [-0.15, -0.1) is 0 Å². The number of piperidine rings is 1. The Morgan fingerprint density at radius 2 is 1.45 bits per heavy atom. The molecule has 42 heavy (non-hydrogen) atoms. The molecule has 2 N–H and O–H groups in total. The lowest BCUT2D eigenvalue weighted by Gasteiger charge is -2.51. The highest BCUT2D eigenvalue weighted by atomic mass is 19.4. The zero-order chi connectivity index (χ0) is 31.4. The van der Waals surface area contributed by atoms with Crippen molar-refractivity contribution in [2.24, 2.45) is 5.73 Å². The maximum atomic E-state index is 14.0. The summed E-state index contributed by atoms with van der Waals surface area (Å²) in [5, 5.41) is 0. The molecule has 2 aromatic carbocycles. The minimum atomic E-state index is -5.05. The lowest BCUT2D eigenvalue weighted by molar-refractivity contribution is -0.144. The lowest BCUT2D eigenvalue weighted by Crippen LogP contribution is -2.65. The number of carbonyl (C=O) groups is 2. The zero-order valence-corrected chi connectivity index (χ0v) is 23.6. The van der Waals surface area contributed by atoms with Gasteiger partial charge in [0, 0.05) is 51.2 Å². The van der Waals surface area contributed by atoms with Crippen LogP contribution in [-0.4, -0.2) is 71.9 Å². The molecule has 6 nitrogen and oxygen atoms in total. The predicted octanol–water partition coefficient (Wildman–Crippen LogP) is 5.53. The second-order valence-electron chi connectivity index (χ2n) is 11.7. The number of nitrogens with zero attached hydrogens (tertiary/aromatic N) is 3. The van der Waals surface area contributed by atoms with Crippen molar-refractivity contribution in [3.05, 3.63) is 70.0 Å². The number of hydrogen-bond donors (Lipinski definition) is 1. The summed E-state index contributed by atoms with van der Waals surface area (Å²) in [5.41, 5.74) is 1.64. The fourth-order valence-corrected chi connectivity index (χ4v) is 6.02. The third-order valence-corrected chi connectivity index (χ3v) is 8.59. The summed E-state index contributed by atoms with van der Waals surface area (Å²) in [7, 11) is 1.49. The van der Waals surface area contributed by atoms with Crippen LogP contribution < -0.4 is 5.73 Å². The summed E-state index contributed by atoms with van der Waals surface area (Å²) in [6.07, 6.45) is -9.67. The number of nitrogens with two attached hydrogens (primary N) is 1. The first-order chi connectivity index (χ1) is 19.3. The summed E-state index contributed by atoms with van der Waals surface area (Å²) in [4.78, 5) is 30.5. The highest BCUT2D eigenvalue weighted by Gasteiger charge is 2.45. The van der Waals surface area contributed by atoms with Crippen LogP contribution in [0, 0.1) is 12.7 Å². The molecule has 2 saturated heterocycles. The Balaban J connectivity index is 1.67. The van der Waals surface area contributed by atoms with Gasteiger partial charge in [0.2, 0.25) is 5.91 Å². The molecule has 0 radical (unpaired) electrons. The average Bonchev–Trinajstić information content (AvgIpc) is 2.85. The highest BCUT2D eigenvalue weighted by Crippen LogP contribution is 2.41. The summed E-state index contributed by atoms with van der Waals surface area (Å²) in [6, 6.07) is 4.55. The van der Waals surface area contributed by atoms with Crippen LogP contribution in [0.4, 0.5) is 35.5 Å². The number of hydrogen-bond acceptors (Lipinski definition) is 3. The van der Waals surface area contributed by atoms with E-state index in [9.17, 15) is 40.3 Å². The molecule has 2 aliphatic rings. The Hall–Kier alpha value is -3.35. The lowest BCUT2D eigenvalue weighted by atomic mass is 9.78. The van der Waals surface area contributed by atoms with Crippen molar-refractivity contribution in [2.75, 3.05) is 33.2 Å². The molecule has 0 saturated carbocycles. The molecular formula is C29H33F7N4O2. The number of aryl methyl sites for hydroxylation is 1. The van der Waals surface area contributed by atoms with Gasteiger partial charge in [-0.05, 0) is 74.2 Å². The molecule has 2 atom stereocenters. The van der Waals surface area contributed by atoms with Gasteiger partial charge < -0.3 is 15.5 Å². The van der Waals surface area contributed by atoms with Crippen LogP contribution in [0.1, 0.15) is 54.0 Å². The molecule has 230 valence electrons. The van der Waals surface area contributed by atoms with E-state index in [1.807, 2.05) is 0 Å². The molecule has 2 unspecified atom stereocenters. The third-order valence-electron chi connectivity index (χ3n) is 8.59. The number of halogens is 7. The molecule has 2 aliphatic heterocycles. The predicted molar refractivity (Wildman–Crippen MR) is 141 cm³/mol. The van der Waals surface area contributed by atoms with Gasteiger partial charge in [-0.2, -0.15) is 26.3 Å². The maximum absolute atomic E-state index is 14.0. The van der Waals surface area contributed by atoms with E-state index in [1.165, 1.54) is 42.8 Å². The van der Waals surface area contributed by atoms with E-state index >= 15 is 0 Å². The monoisotopic (exact) mass is 602 g/mol. The van der Waals surface area contributed by atoms with Crippen LogP contribution in [0.15, 0.2) is 36.4 Å². The van der Waals surface area contributed by atoms with E-state index in [0.29, 0.717) is 50.3 Å². The van der Waals surface area contributed by atoms with Crippen molar-refractivity contribution in [3.63, 3.8) is 0 Å². The highest BCUT2D eigenvalue weighted by molar-refractivity contribution is 5.87. The van der Waals surface area contributed by atoms with E-state index in [2.05, 4.69) is 4.90 Å². The minimum Gasteiger partial charge on any atom is -0.351 e. The first-order valence-electron chi connectivity index (χ1n) is 13.4. The molecule has 0 aromatic heterocycles. The summed E-state index contributed by atoms with van der Waals surface area (Å²) in [5.74, 6) is -1.44. The third kappa shape index (κ3) is 6.20. The quantitative estimate of drug-likeness (QED) is 0.458. The Labute approximate surface area is 239 Å². The van der Waals surface area contributed by atoms with Crippen LogP contribution in [0.25, 0.3) is 0 Å². The average molecular weight is 603 g/mol. The van der Waals surface area contributed by atoms with Crippen molar-refractivity contribution in [3.8, 4) is 0 Å². The van der Waals surface area contributed by atoms with Gasteiger partial charge in [0.05, 0.1) is 16.5 Å². The standard InChI is InChI=1S/C29H33F7N4O2/c1-16-9-20(30)5-6-22(16)23-15-39(21-13-40(14-21)26(37)42)8-7-24(23)38(4)25(41)27(2,3)17-10-18(28(31,32)33)12-19(11-17)29(34,35)36/h5-6,9-12,21,23-24H,7-8,13-15H2,1-4H3,(H2,37,42). The molecule has 3 amide bonds. The van der Waals surface area contributed by atoms with Gasteiger partial charge in [-0.1, -0.05) is 6.07 Å². The Kier molecular flexibility index (Phi) is 8.31. The fourth-order valence-electron chi connectivity index (χ4n) is 6.02. The van der Waals surface area contributed by atoms with Crippen LogP contribution in [-0.2, 0) is 22.6 Å². The minimum absolute atomic E-state index is 0.0325. The second kappa shape index (κ2) is 11.1. The molecule has 4 rings (SSSR count). The normalized spacial score (nSPS) is 20.8. The number of urea groups is 1. The smallest absolute Gasteiger partial charge is 0.351 e. The van der Waals surface area contributed by atoms with E-state index in [4.69, 9.17) is 5.73 Å². The number of rotatable bonds is 5. The van der Waals surface area contributed by atoms with Crippen LogP contribution in [0.5, 0.6) is 0 Å². The van der Waals surface area contributed by atoms with E-state index in [0.717, 1.165) is 5.56 Å². The molecule has 2 heterocycles. The topological polar surface area (TPSA) is 69.9 Å². The first kappa shape index (κ1) is 31.6. The van der Waals surface area contributed by atoms with Crippen LogP contribution in [0.2, 0.25) is 0 Å². The van der Waals surface area contributed by atoms with Crippen molar-refractivity contribution < 1.29 is 40.3 Å². The maximum Gasteiger partial charge on any atom is 0.416 e. The SMILES string of the molecule is Cc1cc(F)ccc1C1CN(C2CN(C(N)=O)C2)CCC1N(C)C(=O)C(C)(C)c1cc(C(F)(F)F)cc(C(F)(F)F)c1. The number of amides is 3. The first-order valence-corrected chi connectivity index (χ1v) is 13.4. The second-order valence-corrected chi connectivity index (χ2v) is 11.7. The van der Waals surface area contributed by atoms with Gasteiger partial charge in [0.15, 0.2) is 0 Å². The number of carbonyl (C=O) groups excluding carboxylic acids is 2. The fraction of sp³-hybridized carbons (Fsp3) is 0.517. The number of benzene rings is 2. The summed E-state index contributed by atoms with van der Waals surface area (Å²) in [6.45, 7) is 6.19. The molecule has 0 aliphatic carbocycles. The molecule has 2 aromatic rings. The molecule has 13 heteroatoms. The van der Waals surface area contributed by atoms with Crippen molar-refractivity contribution >= 4 is 11.9 Å². The summed E-state index contributed by atoms with van der Waals surface area (Å²) < 4.78 is 95.3. The largest absolute Gasteiger partial charge is 0.416 e. The molecule has 0 spiro atoms. The Morgan fingerprint density at radius 3 is 1.95 bits per heavy atom. The van der Waals surface area contributed by atoms with Gasteiger partial charge in [-0.25, -0.2) is 9.18 Å². The molecule has 2 fully saturated rings. The Bertz CT molecular complexity index is 1320. The van der Waals surface area contributed by atoms with Crippen LogP contribution >= 0.6 is 0 Å². The van der Waals surface area contributed by atoms with E-state index < -0.39 is 58.3 Å². The van der Waals surface area contributed by atoms with E-state index in [1.54, 1.807) is 13.0 Å². The number of primary amides is 1. The van der Waals surface area contributed by atoms with Gasteiger partial charge in [-0.3, -0.25) is 9.69 Å². The summed E-state index contributed by atoms with van der Waals surface area (Å²) >= 11 is 0. The number of likely N-dealkylation sites (N-methyl/N-ethyl adjacent to an activating group) is 1. The number of alkyl halides is 6.